The minimum Gasteiger partial charge on any atom is -0.508 e. The maximum Gasteiger partial charge on any atom is 0.204 e. The van der Waals surface area contributed by atoms with Crippen LogP contribution >= 0.6 is 0 Å². The zero-order valence-electron chi connectivity index (χ0n) is 15.5. The van der Waals surface area contributed by atoms with Gasteiger partial charge >= 0.3 is 0 Å². The Kier molecular flexibility index (Phi) is 4.57. The first-order chi connectivity index (χ1) is 12.2. The third-order valence-electron chi connectivity index (χ3n) is 4.56. The van der Waals surface area contributed by atoms with Crippen LogP contribution in [0.1, 0.15) is 39.2 Å². The molecule has 1 heterocycles. The molecule has 3 aromatic rings. The molecule has 3 rings (SSSR count). The molecule has 0 aliphatic rings. The van der Waals surface area contributed by atoms with Gasteiger partial charge in [-0.15, -0.1) is 0 Å². The van der Waals surface area contributed by atoms with Gasteiger partial charge in [0.25, 0.3) is 0 Å². The summed E-state index contributed by atoms with van der Waals surface area (Å²) in [6.45, 7) is 6.49. The molecule has 0 bridgehead atoms. The van der Waals surface area contributed by atoms with Crippen LogP contribution in [0.15, 0.2) is 33.5 Å². The summed E-state index contributed by atoms with van der Waals surface area (Å²) < 4.78 is 11.2. The normalized spacial score (nSPS) is 12.0. The van der Waals surface area contributed by atoms with E-state index in [9.17, 15) is 15.0 Å². The quantitative estimate of drug-likeness (QED) is 0.660. The molecule has 0 atom stereocenters. The summed E-state index contributed by atoms with van der Waals surface area (Å²) in [6, 6.07) is 5.99. The van der Waals surface area contributed by atoms with E-state index in [-0.39, 0.29) is 38.7 Å². The highest BCUT2D eigenvalue weighted by Gasteiger charge is 2.20. The summed E-state index contributed by atoms with van der Waals surface area (Å²) in [5, 5.41) is 20.8. The Balaban J connectivity index is 2.19. The molecule has 0 saturated heterocycles. The third kappa shape index (κ3) is 3.34. The van der Waals surface area contributed by atoms with E-state index in [1.165, 1.54) is 25.3 Å². The number of benzene rings is 2. The number of phenols is 2. The van der Waals surface area contributed by atoms with E-state index < -0.39 is 0 Å². The molecule has 0 amide bonds. The van der Waals surface area contributed by atoms with Crippen molar-refractivity contribution in [1.82, 2.24) is 0 Å². The fourth-order valence-electron chi connectivity index (χ4n) is 3.22. The highest BCUT2D eigenvalue weighted by molar-refractivity contribution is 5.95. The molecular formula is C21H24O5. The first-order valence-electron chi connectivity index (χ1n) is 8.69. The van der Waals surface area contributed by atoms with Gasteiger partial charge in [-0.05, 0) is 42.9 Å². The monoisotopic (exact) mass is 356 g/mol. The van der Waals surface area contributed by atoms with Gasteiger partial charge in [0, 0.05) is 11.6 Å². The number of rotatable bonds is 4. The molecule has 0 fully saturated rings. The van der Waals surface area contributed by atoms with E-state index >= 15 is 0 Å². The molecule has 5 nitrogen and oxygen atoms in total. The van der Waals surface area contributed by atoms with Gasteiger partial charge in [0.15, 0.2) is 0 Å². The van der Waals surface area contributed by atoms with Gasteiger partial charge in [0.2, 0.25) is 5.43 Å². The number of fused-ring (bicyclic) bond motifs is 2. The minimum absolute atomic E-state index is 0.0254. The fourth-order valence-corrected chi connectivity index (χ4v) is 3.22. The van der Waals surface area contributed by atoms with Crippen LogP contribution in [-0.2, 0) is 6.42 Å². The molecule has 138 valence electrons. The first kappa shape index (κ1) is 18.1. The number of hydrogen-bond donors (Lipinski definition) is 2. The van der Waals surface area contributed by atoms with Crippen LogP contribution in [0, 0.1) is 5.41 Å². The SMILES string of the molecule is COc1cc2oc3ccc(O)cc3c(=O)c2c(O)c1CCCC(C)(C)C. The molecule has 0 radical (unpaired) electrons. The van der Waals surface area contributed by atoms with Crippen molar-refractivity contribution in [3.05, 3.63) is 40.1 Å². The Hall–Kier alpha value is -2.69. The topological polar surface area (TPSA) is 79.9 Å². The van der Waals surface area contributed by atoms with Crippen LogP contribution in [0.5, 0.6) is 17.2 Å². The van der Waals surface area contributed by atoms with E-state index in [1.54, 1.807) is 6.07 Å². The zero-order chi connectivity index (χ0) is 19.1. The standard InChI is InChI=1S/C21H24O5/c1-21(2,3)9-5-6-13-16(25-4)11-17-18(19(13)23)20(24)14-10-12(22)7-8-15(14)26-17/h7-8,10-11,22-23H,5-6,9H2,1-4H3. The van der Waals surface area contributed by atoms with Gasteiger partial charge in [-0.1, -0.05) is 20.8 Å². The predicted octanol–water partition coefficient (Wildman–Crippen LogP) is 4.73. The van der Waals surface area contributed by atoms with Crippen molar-refractivity contribution in [3.8, 4) is 17.2 Å². The van der Waals surface area contributed by atoms with Crippen molar-refractivity contribution in [2.75, 3.05) is 7.11 Å². The van der Waals surface area contributed by atoms with Gasteiger partial charge < -0.3 is 19.4 Å². The summed E-state index contributed by atoms with van der Waals surface area (Å²) in [5.74, 6) is 0.375. The highest BCUT2D eigenvalue weighted by Crippen LogP contribution is 2.37. The summed E-state index contributed by atoms with van der Waals surface area (Å²) >= 11 is 0. The molecular weight excluding hydrogens is 332 g/mol. The number of phenolic OH excluding ortho intramolecular Hbond substituents is 2. The number of hydrogen-bond acceptors (Lipinski definition) is 5. The molecule has 5 heteroatoms. The third-order valence-corrected chi connectivity index (χ3v) is 4.56. The molecule has 0 spiro atoms. The second-order valence-electron chi connectivity index (χ2n) is 7.80. The van der Waals surface area contributed by atoms with E-state index in [4.69, 9.17) is 9.15 Å². The second-order valence-corrected chi connectivity index (χ2v) is 7.80. The Labute approximate surface area is 151 Å². The van der Waals surface area contributed by atoms with E-state index in [0.29, 0.717) is 23.3 Å². The number of methoxy groups -OCH3 is 1. The maximum absolute atomic E-state index is 12.9. The summed E-state index contributed by atoms with van der Waals surface area (Å²) in [5.41, 5.74) is 1.04. The predicted molar refractivity (Wildman–Crippen MR) is 102 cm³/mol. The van der Waals surface area contributed by atoms with Crippen molar-refractivity contribution >= 4 is 21.9 Å². The minimum atomic E-state index is -0.366. The summed E-state index contributed by atoms with van der Waals surface area (Å²) in [6.07, 6.45) is 2.44. The van der Waals surface area contributed by atoms with Crippen LogP contribution < -0.4 is 10.2 Å². The largest absolute Gasteiger partial charge is 0.508 e. The number of aromatic hydroxyl groups is 2. The summed E-state index contributed by atoms with van der Waals surface area (Å²) in [7, 11) is 1.53. The Morgan fingerprint density at radius 3 is 2.50 bits per heavy atom. The Morgan fingerprint density at radius 2 is 1.85 bits per heavy atom. The lowest BCUT2D eigenvalue weighted by molar-refractivity contribution is 0.359. The maximum atomic E-state index is 12.9. The van der Waals surface area contributed by atoms with Crippen LogP contribution in [0.2, 0.25) is 0 Å². The van der Waals surface area contributed by atoms with Crippen LogP contribution in [0.25, 0.3) is 21.9 Å². The number of ether oxygens (including phenoxy) is 1. The summed E-state index contributed by atoms with van der Waals surface area (Å²) in [4.78, 5) is 12.9. The van der Waals surface area contributed by atoms with Gasteiger partial charge in [-0.2, -0.15) is 0 Å². The van der Waals surface area contributed by atoms with Crippen molar-refractivity contribution in [2.24, 2.45) is 5.41 Å². The van der Waals surface area contributed by atoms with Crippen LogP contribution in [0.4, 0.5) is 0 Å². The average molecular weight is 356 g/mol. The Bertz CT molecular complexity index is 1020. The van der Waals surface area contributed by atoms with Crippen molar-refractivity contribution < 1.29 is 19.4 Å². The molecule has 2 aromatic carbocycles. The lowest BCUT2D eigenvalue weighted by atomic mass is 9.88. The van der Waals surface area contributed by atoms with Crippen molar-refractivity contribution in [1.29, 1.82) is 0 Å². The lowest BCUT2D eigenvalue weighted by Crippen LogP contribution is -2.07. The zero-order valence-corrected chi connectivity index (χ0v) is 15.5. The van der Waals surface area contributed by atoms with Crippen LogP contribution in [0.3, 0.4) is 0 Å². The Morgan fingerprint density at radius 1 is 1.12 bits per heavy atom. The second kappa shape index (κ2) is 6.56. The lowest BCUT2D eigenvalue weighted by Gasteiger charge is -2.19. The van der Waals surface area contributed by atoms with Gasteiger partial charge in [-0.25, -0.2) is 0 Å². The fraction of sp³-hybridized carbons (Fsp3) is 0.381. The molecule has 1 aromatic heterocycles. The van der Waals surface area contributed by atoms with Gasteiger partial charge in [0.1, 0.15) is 33.8 Å². The van der Waals surface area contributed by atoms with Crippen LogP contribution in [-0.4, -0.2) is 17.3 Å². The van der Waals surface area contributed by atoms with Gasteiger partial charge in [-0.3, -0.25) is 4.79 Å². The molecule has 2 N–H and O–H groups in total. The van der Waals surface area contributed by atoms with Crippen molar-refractivity contribution in [3.63, 3.8) is 0 Å². The van der Waals surface area contributed by atoms with E-state index in [1.807, 2.05) is 0 Å². The molecule has 0 aliphatic heterocycles. The molecule has 0 unspecified atom stereocenters. The highest BCUT2D eigenvalue weighted by atomic mass is 16.5. The first-order valence-corrected chi connectivity index (χ1v) is 8.69. The average Bonchev–Trinajstić information content (AvgIpc) is 2.56. The van der Waals surface area contributed by atoms with Gasteiger partial charge in [0.05, 0.1) is 12.5 Å². The molecule has 26 heavy (non-hydrogen) atoms. The van der Waals surface area contributed by atoms with Crippen molar-refractivity contribution in [2.45, 2.75) is 40.0 Å². The smallest absolute Gasteiger partial charge is 0.204 e. The molecule has 0 saturated carbocycles. The van der Waals surface area contributed by atoms with E-state index in [2.05, 4.69) is 20.8 Å². The van der Waals surface area contributed by atoms with E-state index in [0.717, 1.165) is 12.8 Å². The molecule has 0 aliphatic carbocycles.